The molecule has 0 amide bonds. The van der Waals surface area contributed by atoms with Crippen molar-refractivity contribution >= 4 is 17.6 Å². The van der Waals surface area contributed by atoms with Crippen LogP contribution in [0.4, 0.5) is 23.4 Å². The number of halogens is 4. The lowest BCUT2D eigenvalue weighted by atomic mass is 9.54. The van der Waals surface area contributed by atoms with Crippen molar-refractivity contribution in [1.82, 2.24) is 4.98 Å². The van der Waals surface area contributed by atoms with Crippen LogP contribution < -0.4 is 15.2 Å². The largest absolute Gasteiger partial charge is 0.497 e. The standard InChI is InChI=1S/C45H38F4N4O3/c1-43(40-36(46)27-28-37(52-40)51-38(29-13-7-4-8-14-29)30-15-9-5-10-16-30)39(41(45(47,48)49)56-42(50)53-43)44(31-17-11-6-12-18-31,32-19-23-34(54-2)24-20-32)33-21-25-35(55-3)26-22-33/h4-28,39,41H,1-3H3,(H2,50,53). The average molecular weight is 759 g/mol. The number of benzene rings is 5. The van der Waals surface area contributed by atoms with Crippen molar-refractivity contribution in [3.8, 4) is 11.5 Å². The van der Waals surface area contributed by atoms with E-state index in [9.17, 15) is 0 Å². The Morgan fingerprint density at radius 3 is 1.61 bits per heavy atom. The van der Waals surface area contributed by atoms with Crippen molar-refractivity contribution in [1.29, 1.82) is 0 Å². The topological polar surface area (TPSA) is 91.3 Å². The van der Waals surface area contributed by atoms with Gasteiger partial charge in [-0.3, -0.25) is 0 Å². The van der Waals surface area contributed by atoms with Gasteiger partial charge in [-0.05, 0) is 60.0 Å². The monoisotopic (exact) mass is 758 g/mol. The number of hydrogen-bond acceptors (Lipinski definition) is 7. The number of hydrogen-bond donors (Lipinski definition) is 1. The molecule has 1 aromatic heterocycles. The molecule has 11 heteroatoms. The van der Waals surface area contributed by atoms with E-state index in [0.717, 1.165) is 17.2 Å². The molecular formula is C45H38F4N4O3. The summed E-state index contributed by atoms with van der Waals surface area (Å²) in [6.45, 7) is 1.42. The van der Waals surface area contributed by atoms with Gasteiger partial charge in [-0.2, -0.15) is 13.2 Å². The zero-order valence-corrected chi connectivity index (χ0v) is 30.7. The fourth-order valence-corrected chi connectivity index (χ4v) is 7.82. The molecule has 7 rings (SSSR count). The summed E-state index contributed by atoms with van der Waals surface area (Å²) >= 11 is 0. The Morgan fingerprint density at radius 2 is 1.14 bits per heavy atom. The summed E-state index contributed by atoms with van der Waals surface area (Å²) in [5.74, 6) is -1.67. The van der Waals surface area contributed by atoms with E-state index in [2.05, 4.69) is 4.99 Å². The van der Waals surface area contributed by atoms with Gasteiger partial charge in [-0.15, -0.1) is 0 Å². The van der Waals surface area contributed by atoms with Gasteiger partial charge < -0.3 is 19.9 Å². The van der Waals surface area contributed by atoms with Crippen LogP contribution in [0.3, 0.4) is 0 Å². The molecule has 0 saturated carbocycles. The molecule has 56 heavy (non-hydrogen) atoms. The molecule has 0 radical (unpaired) electrons. The van der Waals surface area contributed by atoms with Crippen molar-refractivity contribution in [3.05, 3.63) is 191 Å². The second-order valence-corrected chi connectivity index (χ2v) is 13.5. The van der Waals surface area contributed by atoms with E-state index in [1.54, 1.807) is 78.9 Å². The molecule has 5 aromatic carbocycles. The summed E-state index contributed by atoms with van der Waals surface area (Å²) in [6, 6.07) is 42.6. The van der Waals surface area contributed by atoms with Gasteiger partial charge in [0.05, 0.1) is 31.3 Å². The molecule has 1 aliphatic rings. The van der Waals surface area contributed by atoms with Crippen LogP contribution in [0.1, 0.15) is 40.4 Å². The van der Waals surface area contributed by atoms with Crippen LogP contribution in [0.2, 0.25) is 0 Å². The van der Waals surface area contributed by atoms with Crippen LogP contribution >= 0.6 is 0 Å². The van der Waals surface area contributed by atoms with Crippen molar-refractivity contribution in [2.75, 3.05) is 14.2 Å². The Bertz CT molecular complexity index is 2250. The molecule has 2 heterocycles. The van der Waals surface area contributed by atoms with Crippen molar-refractivity contribution in [3.63, 3.8) is 0 Å². The van der Waals surface area contributed by atoms with Crippen LogP contribution in [-0.2, 0) is 15.7 Å². The Kier molecular flexibility index (Phi) is 10.4. The van der Waals surface area contributed by atoms with E-state index in [1.807, 2.05) is 60.7 Å². The second-order valence-electron chi connectivity index (χ2n) is 13.5. The third-order valence-electron chi connectivity index (χ3n) is 10.2. The zero-order valence-electron chi connectivity index (χ0n) is 30.7. The van der Waals surface area contributed by atoms with Gasteiger partial charge >= 0.3 is 6.18 Å². The smallest absolute Gasteiger partial charge is 0.425 e. The van der Waals surface area contributed by atoms with E-state index in [1.165, 1.54) is 27.2 Å². The molecule has 1 aliphatic heterocycles. The van der Waals surface area contributed by atoms with Crippen LogP contribution in [0, 0.1) is 11.7 Å². The molecule has 2 N–H and O–H groups in total. The van der Waals surface area contributed by atoms with E-state index in [-0.39, 0.29) is 5.82 Å². The number of aliphatic imine (C=N–C) groups is 2. The van der Waals surface area contributed by atoms with Crippen LogP contribution in [0.5, 0.6) is 11.5 Å². The summed E-state index contributed by atoms with van der Waals surface area (Å²) < 4.78 is 80.8. The normalized spacial score (nSPS) is 18.3. The molecule has 0 spiro atoms. The number of ether oxygens (including phenoxy) is 3. The molecule has 6 aromatic rings. The Hall–Kier alpha value is -6.49. The maximum Gasteiger partial charge on any atom is 0.425 e. The minimum Gasteiger partial charge on any atom is -0.497 e. The first-order valence-corrected chi connectivity index (χ1v) is 17.8. The van der Waals surface area contributed by atoms with Gasteiger partial charge in [-0.25, -0.2) is 19.4 Å². The third-order valence-corrected chi connectivity index (χ3v) is 10.2. The summed E-state index contributed by atoms with van der Waals surface area (Å²) in [4.78, 5) is 14.2. The molecule has 0 saturated heterocycles. The molecule has 284 valence electrons. The maximum atomic E-state index is 16.7. The van der Waals surface area contributed by atoms with Gasteiger partial charge in [-0.1, -0.05) is 115 Å². The lowest BCUT2D eigenvalue weighted by molar-refractivity contribution is -0.231. The summed E-state index contributed by atoms with van der Waals surface area (Å²) in [5, 5.41) is 0. The van der Waals surface area contributed by atoms with E-state index in [4.69, 9.17) is 29.9 Å². The molecule has 3 atom stereocenters. The first-order valence-electron chi connectivity index (χ1n) is 17.8. The minimum absolute atomic E-state index is 0.0482. The lowest BCUT2D eigenvalue weighted by Gasteiger charge is -2.53. The van der Waals surface area contributed by atoms with Gasteiger partial charge in [0.2, 0.25) is 6.10 Å². The fourth-order valence-electron chi connectivity index (χ4n) is 7.82. The van der Waals surface area contributed by atoms with Crippen molar-refractivity contribution < 1.29 is 31.8 Å². The number of nitrogens with zero attached hydrogens (tertiary/aromatic N) is 3. The highest BCUT2D eigenvalue weighted by molar-refractivity contribution is 6.13. The van der Waals surface area contributed by atoms with Crippen LogP contribution in [0.15, 0.2) is 162 Å². The van der Waals surface area contributed by atoms with Gasteiger partial charge in [0.25, 0.3) is 6.02 Å². The van der Waals surface area contributed by atoms with E-state index >= 15 is 17.6 Å². The number of aromatic nitrogens is 1. The van der Waals surface area contributed by atoms with E-state index in [0.29, 0.717) is 33.9 Å². The molecule has 0 aliphatic carbocycles. The summed E-state index contributed by atoms with van der Waals surface area (Å²) in [6.07, 6.45) is -7.65. The zero-order chi connectivity index (χ0) is 39.5. The predicted octanol–water partition coefficient (Wildman–Crippen LogP) is 9.55. The highest BCUT2D eigenvalue weighted by atomic mass is 19.4. The first kappa shape index (κ1) is 37.8. The van der Waals surface area contributed by atoms with Crippen LogP contribution in [-0.4, -0.2) is 43.2 Å². The predicted molar refractivity (Wildman–Crippen MR) is 208 cm³/mol. The van der Waals surface area contributed by atoms with Crippen LogP contribution in [0.25, 0.3) is 0 Å². The number of rotatable bonds is 10. The average Bonchev–Trinajstić information content (AvgIpc) is 3.22. The number of methoxy groups -OCH3 is 2. The second kappa shape index (κ2) is 15.3. The summed E-state index contributed by atoms with van der Waals surface area (Å²) in [5.41, 5.74) is 5.19. The third kappa shape index (κ3) is 6.96. The molecule has 0 fully saturated rings. The number of nitrogens with two attached hydrogens (primary N) is 1. The van der Waals surface area contributed by atoms with Crippen molar-refractivity contribution in [2.24, 2.45) is 21.6 Å². The summed E-state index contributed by atoms with van der Waals surface area (Å²) in [7, 11) is 2.99. The molecular weight excluding hydrogens is 721 g/mol. The Labute approximate surface area is 322 Å². The van der Waals surface area contributed by atoms with E-state index < -0.39 is 46.7 Å². The van der Waals surface area contributed by atoms with Gasteiger partial charge in [0, 0.05) is 11.1 Å². The van der Waals surface area contributed by atoms with Crippen molar-refractivity contribution in [2.45, 2.75) is 30.2 Å². The number of pyridine rings is 1. The van der Waals surface area contributed by atoms with Gasteiger partial charge in [0.15, 0.2) is 5.82 Å². The fraction of sp³-hybridized carbons (Fsp3) is 0.178. The number of alkyl halides is 3. The highest BCUT2D eigenvalue weighted by Gasteiger charge is 2.66. The molecule has 3 unspecified atom stereocenters. The quantitative estimate of drug-likeness (QED) is 0.0854. The minimum atomic E-state index is -5.04. The Balaban J connectivity index is 1.57. The maximum absolute atomic E-state index is 16.7. The Morgan fingerprint density at radius 1 is 0.679 bits per heavy atom. The highest BCUT2D eigenvalue weighted by Crippen LogP contribution is 2.58. The SMILES string of the molecule is COc1ccc(C(c2ccccc2)(c2ccc(OC)cc2)C2C(C(F)(F)F)OC(N)=NC2(C)c2nc(N=C(c3ccccc3)c3ccccc3)ccc2F)cc1. The number of amidine groups is 1. The lowest BCUT2D eigenvalue weighted by Crippen LogP contribution is -2.62. The first-order chi connectivity index (χ1) is 27.0. The van der Waals surface area contributed by atoms with Gasteiger partial charge in [0.1, 0.15) is 28.5 Å². The molecule has 0 bridgehead atoms. The molecule has 7 nitrogen and oxygen atoms in total.